The Morgan fingerprint density at radius 3 is 2.63 bits per heavy atom. The molecule has 19 heavy (non-hydrogen) atoms. The molecule has 0 radical (unpaired) electrons. The van der Waals surface area contributed by atoms with Crippen molar-refractivity contribution in [3.8, 4) is 0 Å². The Morgan fingerprint density at radius 1 is 1.32 bits per heavy atom. The summed E-state index contributed by atoms with van der Waals surface area (Å²) in [5, 5.41) is 2.80. The van der Waals surface area contributed by atoms with Gasteiger partial charge in [-0.15, -0.1) is 0 Å². The van der Waals surface area contributed by atoms with E-state index in [9.17, 15) is 4.79 Å². The summed E-state index contributed by atoms with van der Waals surface area (Å²) >= 11 is 0. The third-order valence-corrected chi connectivity index (χ3v) is 3.36. The first-order valence-electron chi connectivity index (χ1n) is 6.88. The lowest BCUT2D eigenvalue weighted by atomic mass is 10.3. The maximum absolute atomic E-state index is 11.5. The number of rotatable bonds is 4. The number of nitrogens with one attached hydrogen (secondary N) is 1. The van der Waals surface area contributed by atoms with Gasteiger partial charge in [-0.25, -0.2) is 4.98 Å². The van der Waals surface area contributed by atoms with Crippen LogP contribution in [0.25, 0.3) is 0 Å². The second-order valence-corrected chi connectivity index (χ2v) is 4.99. The number of amides is 1. The number of likely N-dealkylation sites (N-methyl/N-ethyl adjacent to an activating group) is 1. The number of piperazine rings is 1. The first kappa shape index (κ1) is 13.8. The van der Waals surface area contributed by atoms with Crippen LogP contribution >= 0.6 is 0 Å². The van der Waals surface area contributed by atoms with Crippen LogP contribution in [0.5, 0.6) is 0 Å². The van der Waals surface area contributed by atoms with Crippen molar-refractivity contribution in [1.29, 1.82) is 0 Å². The summed E-state index contributed by atoms with van der Waals surface area (Å²) < 4.78 is 0. The van der Waals surface area contributed by atoms with Gasteiger partial charge in [0.1, 0.15) is 5.82 Å². The molecule has 1 fully saturated rings. The van der Waals surface area contributed by atoms with Crippen molar-refractivity contribution in [3.63, 3.8) is 0 Å². The van der Waals surface area contributed by atoms with Crippen LogP contribution in [0.15, 0.2) is 18.3 Å². The molecule has 0 saturated carbocycles. The van der Waals surface area contributed by atoms with E-state index in [0.717, 1.165) is 38.3 Å². The van der Waals surface area contributed by atoms with Gasteiger partial charge in [0.2, 0.25) is 5.91 Å². The fourth-order valence-electron chi connectivity index (χ4n) is 2.14. The van der Waals surface area contributed by atoms with Gasteiger partial charge < -0.3 is 15.1 Å². The van der Waals surface area contributed by atoms with Crippen molar-refractivity contribution in [2.75, 3.05) is 43.4 Å². The number of carbonyl (C=O) groups is 1. The van der Waals surface area contributed by atoms with Crippen LogP contribution in [0.1, 0.15) is 19.8 Å². The van der Waals surface area contributed by atoms with Crippen molar-refractivity contribution in [2.45, 2.75) is 19.8 Å². The van der Waals surface area contributed by atoms with E-state index >= 15 is 0 Å². The minimum Gasteiger partial charge on any atom is -0.368 e. The van der Waals surface area contributed by atoms with Crippen LogP contribution in [-0.2, 0) is 4.79 Å². The largest absolute Gasteiger partial charge is 0.368 e. The van der Waals surface area contributed by atoms with Crippen LogP contribution in [0, 0.1) is 0 Å². The highest BCUT2D eigenvalue weighted by Crippen LogP contribution is 2.16. The number of pyridine rings is 1. The lowest BCUT2D eigenvalue weighted by Gasteiger charge is -2.33. The monoisotopic (exact) mass is 262 g/mol. The maximum atomic E-state index is 11.5. The summed E-state index contributed by atoms with van der Waals surface area (Å²) in [5.41, 5.74) is 1.13. The maximum Gasteiger partial charge on any atom is 0.225 e. The van der Waals surface area contributed by atoms with Crippen LogP contribution < -0.4 is 10.2 Å². The molecule has 1 aromatic heterocycles. The molecule has 104 valence electrons. The molecule has 5 heteroatoms. The zero-order chi connectivity index (χ0) is 13.7. The molecule has 0 aromatic carbocycles. The predicted molar refractivity (Wildman–Crippen MR) is 77.5 cm³/mol. The predicted octanol–water partition coefficient (Wildman–Crippen LogP) is 1.57. The molecule has 0 atom stereocenters. The molecule has 1 aromatic rings. The van der Waals surface area contributed by atoms with Gasteiger partial charge in [-0.2, -0.15) is 0 Å². The Bertz CT molecular complexity index is 410. The molecular weight excluding hydrogens is 240 g/mol. The SMILES string of the molecule is CCCC(=O)Nc1ccc(N2CCN(C)CC2)cn1. The summed E-state index contributed by atoms with van der Waals surface area (Å²) in [7, 11) is 2.14. The van der Waals surface area contributed by atoms with E-state index < -0.39 is 0 Å². The molecule has 0 aliphatic carbocycles. The molecule has 1 amide bonds. The molecule has 1 aliphatic rings. The third-order valence-electron chi connectivity index (χ3n) is 3.36. The molecule has 1 aliphatic heterocycles. The lowest BCUT2D eigenvalue weighted by molar-refractivity contribution is -0.116. The Morgan fingerprint density at radius 2 is 2.05 bits per heavy atom. The van der Waals surface area contributed by atoms with Crippen molar-refractivity contribution in [1.82, 2.24) is 9.88 Å². The molecule has 5 nitrogen and oxygen atoms in total. The molecule has 0 unspecified atom stereocenters. The Balaban J connectivity index is 1.92. The van der Waals surface area contributed by atoms with Crippen LogP contribution in [0.4, 0.5) is 11.5 Å². The third kappa shape index (κ3) is 3.92. The summed E-state index contributed by atoms with van der Waals surface area (Å²) in [6.45, 7) is 6.20. The highest BCUT2D eigenvalue weighted by Gasteiger charge is 2.14. The van der Waals surface area contributed by atoms with E-state index in [1.807, 2.05) is 25.3 Å². The number of hydrogen-bond acceptors (Lipinski definition) is 4. The smallest absolute Gasteiger partial charge is 0.225 e. The topological polar surface area (TPSA) is 48.5 Å². The number of aromatic nitrogens is 1. The van der Waals surface area contributed by atoms with Crippen molar-refractivity contribution >= 4 is 17.4 Å². The average molecular weight is 262 g/mol. The summed E-state index contributed by atoms with van der Waals surface area (Å²) in [5.74, 6) is 0.665. The van der Waals surface area contributed by atoms with Gasteiger partial charge in [0, 0.05) is 32.6 Å². The zero-order valence-electron chi connectivity index (χ0n) is 11.7. The van der Waals surface area contributed by atoms with E-state index in [2.05, 4.69) is 27.1 Å². The van der Waals surface area contributed by atoms with Crippen molar-refractivity contribution in [2.24, 2.45) is 0 Å². The second-order valence-electron chi connectivity index (χ2n) is 4.99. The van der Waals surface area contributed by atoms with Gasteiger partial charge in [-0.1, -0.05) is 6.92 Å². The van der Waals surface area contributed by atoms with Gasteiger partial charge in [0.05, 0.1) is 11.9 Å². The minimum atomic E-state index is 0.0300. The minimum absolute atomic E-state index is 0.0300. The zero-order valence-corrected chi connectivity index (χ0v) is 11.7. The highest BCUT2D eigenvalue weighted by molar-refractivity contribution is 5.89. The van der Waals surface area contributed by atoms with E-state index in [-0.39, 0.29) is 5.91 Å². The Kier molecular flexibility index (Phi) is 4.74. The second kappa shape index (κ2) is 6.52. The first-order chi connectivity index (χ1) is 9.19. The lowest BCUT2D eigenvalue weighted by Crippen LogP contribution is -2.44. The van der Waals surface area contributed by atoms with Crippen LogP contribution in [0.3, 0.4) is 0 Å². The molecule has 1 N–H and O–H groups in total. The average Bonchev–Trinajstić information content (AvgIpc) is 2.41. The molecule has 0 spiro atoms. The Labute approximate surface area is 114 Å². The van der Waals surface area contributed by atoms with E-state index in [0.29, 0.717) is 12.2 Å². The number of nitrogens with zero attached hydrogens (tertiary/aromatic N) is 3. The number of anilines is 2. The first-order valence-corrected chi connectivity index (χ1v) is 6.88. The molecule has 2 heterocycles. The molecule has 1 saturated heterocycles. The van der Waals surface area contributed by atoms with Crippen LogP contribution in [-0.4, -0.2) is 49.0 Å². The molecule has 0 bridgehead atoms. The molecular formula is C14H22N4O. The fourth-order valence-corrected chi connectivity index (χ4v) is 2.14. The number of hydrogen-bond donors (Lipinski definition) is 1. The number of carbonyl (C=O) groups excluding carboxylic acids is 1. The van der Waals surface area contributed by atoms with E-state index in [1.165, 1.54) is 0 Å². The molecule has 2 rings (SSSR count). The van der Waals surface area contributed by atoms with Gasteiger partial charge >= 0.3 is 0 Å². The van der Waals surface area contributed by atoms with E-state index in [1.54, 1.807) is 0 Å². The van der Waals surface area contributed by atoms with Gasteiger partial charge in [-0.3, -0.25) is 4.79 Å². The summed E-state index contributed by atoms with van der Waals surface area (Å²) in [6.07, 6.45) is 3.24. The van der Waals surface area contributed by atoms with Gasteiger partial charge in [0.25, 0.3) is 0 Å². The fraction of sp³-hybridized carbons (Fsp3) is 0.571. The standard InChI is InChI=1S/C14H22N4O/c1-3-4-14(19)16-13-6-5-12(11-15-13)18-9-7-17(2)8-10-18/h5-6,11H,3-4,7-10H2,1-2H3,(H,15,16,19). The summed E-state index contributed by atoms with van der Waals surface area (Å²) in [4.78, 5) is 20.4. The van der Waals surface area contributed by atoms with Crippen molar-refractivity contribution < 1.29 is 4.79 Å². The summed E-state index contributed by atoms with van der Waals surface area (Å²) in [6, 6.07) is 3.90. The highest BCUT2D eigenvalue weighted by atomic mass is 16.1. The van der Waals surface area contributed by atoms with Crippen molar-refractivity contribution in [3.05, 3.63) is 18.3 Å². The van der Waals surface area contributed by atoms with E-state index in [4.69, 9.17) is 0 Å². The quantitative estimate of drug-likeness (QED) is 0.895. The van der Waals surface area contributed by atoms with Gasteiger partial charge in [0.15, 0.2) is 0 Å². The van der Waals surface area contributed by atoms with Gasteiger partial charge in [-0.05, 0) is 25.6 Å². The van der Waals surface area contributed by atoms with Crippen LogP contribution in [0.2, 0.25) is 0 Å². The normalized spacial score (nSPS) is 16.4. The Hall–Kier alpha value is -1.62.